The molecule has 6 nitrogen and oxygen atoms in total. The fourth-order valence-corrected chi connectivity index (χ4v) is 2.63. The van der Waals surface area contributed by atoms with Crippen molar-refractivity contribution in [2.45, 2.75) is 19.5 Å². The zero-order chi connectivity index (χ0) is 14.5. The summed E-state index contributed by atoms with van der Waals surface area (Å²) in [6.07, 6.45) is 3.66. The average molecular weight is 339 g/mol. The third kappa shape index (κ3) is 3.64. The lowest BCUT2D eigenvalue weighted by molar-refractivity contribution is -0.384. The number of non-ortho nitro benzene ring substituents is 1. The Morgan fingerprint density at radius 2 is 2.35 bits per heavy atom. The highest BCUT2D eigenvalue weighted by atomic mass is 79.9. The Morgan fingerprint density at radius 1 is 1.55 bits per heavy atom. The van der Waals surface area contributed by atoms with E-state index in [1.165, 1.54) is 12.1 Å². The predicted molar refractivity (Wildman–Crippen MR) is 79.4 cm³/mol. The summed E-state index contributed by atoms with van der Waals surface area (Å²) in [7, 11) is 0. The summed E-state index contributed by atoms with van der Waals surface area (Å²) >= 11 is 3.38. The molecule has 1 heterocycles. The van der Waals surface area contributed by atoms with E-state index in [9.17, 15) is 10.1 Å². The van der Waals surface area contributed by atoms with Gasteiger partial charge in [0.1, 0.15) is 0 Å². The Kier molecular flexibility index (Phi) is 4.86. The Morgan fingerprint density at radius 3 is 2.95 bits per heavy atom. The smallest absolute Gasteiger partial charge is 0.270 e. The van der Waals surface area contributed by atoms with Crippen LogP contribution >= 0.6 is 15.9 Å². The first-order valence-corrected chi connectivity index (χ1v) is 7.02. The van der Waals surface area contributed by atoms with E-state index in [0.29, 0.717) is 0 Å². The summed E-state index contributed by atoms with van der Waals surface area (Å²) in [4.78, 5) is 10.3. The van der Waals surface area contributed by atoms with Crippen molar-refractivity contribution in [2.24, 2.45) is 0 Å². The molecule has 7 heteroatoms. The molecule has 0 aliphatic heterocycles. The molecular formula is C13H15BrN4O2. The summed E-state index contributed by atoms with van der Waals surface area (Å²) in [6, 6.07) is 6.80. The van der Waals surface area contributed by atoms with Gasteiger partial charge in [0.05, 0.1) is 11.5 Å². The molecule has 0 fully saturated rings. The summed E-state index contributed by atoms with van der Waals surface area (Å²) < 4.78 is 2.59. The van der Waals surface area contributed by atoms with Crippen LogP contribution in [0.1, 0.15) is 18.5 Å². The Labute approximate surface area is 125 Å². The molecular weight excluding hydrogens is 324 g/mol. The molecule has 2 rings (SSSR count). The first-order chi connectivity index (χ1) is 9.58. The quantitative estimate of drug-likeness (QED) is 0.649. The molecule has 0 aliphatic rings. The highest BCUT2D eigenvalue weighted by molar-refractivity contribution is 9.10. The fourth-order valence-electron chi connectivity index (χ4n) is 1.92. The molecule has 20 heavy (non-hydrogen) atoms. The monoisotopic (exact) mass is 338 g/mol. The van der Waals surface area contributed by atoms with E-state index in [0.717, 1.165) is 23.1 Å². The van der Waals surface area contributed by atoms with Gasteiger partial charge in [-0.3, -0.25) is 14.8 Å². The second kappa shape index (κ2) is 6.62. The van der Waals surface area contributed by atoms with E-state index >= 15 is 0 Å². The van der Waals surface area contributed by atoms with Gasteiger partial charge in [0.2, 0.25) is 0 Å². The van der Waals surface area contributed by atoms with E-state index in [2.05, 4.69) is 26.3 Å². The van der Waals surface area contributed by atoms with Crippen molar-refractivity contribution in [3.8, 4) is 0 Å². The number of hydrogen-bond acceptors (Lipinski definition) is 4. The van der Waals surface area contributed by atoms with E-state index in [4.69, 9.17) is 0 Å². The number of halogens is 1. The van der Waals surface area contributed by atoms with Crippen LogP contribution in [0.5, 0.6) is 0 Å². The predicted octanol–water partition coefficient (Wildman–Crippen LogP) is 2.90. The normalized spacial score (nSPS) is 12.3. The molecule has 106 valence electrons. The number of nitro benzene ring substituents is 1. The van der Waals surface area contributed by atoms with Gasteiger partial charge in [0.15, 0.2) is 0 Å². The Bertz CT molecular complexity index is 586. The average Bonchev–Trinajstić information content (AvgIpc) is 2.91. The maximum atomic E-state index is 10.7. The maximum absolute atomic E-state index is 10.7. The highest BCUT2D eigenvalue weighted by Crippen LogP contribution is 2.27. The lowest BCUT2D eigenvalue weighted by Gasteiger charge is -2.15. The van der Waals surface area contributed by atoms with Crippen LogP contribution in [-0.2, 0) is 6.54 Å². The van der Waals surface area contributed by atoms with Gasteiger partial charge < -0.3 is 5.32 Å². The molecule has 1 unspecified atom stereocenters. The SMILES string of the molecule is CC(NCCn1cccn1)c1ccc([N+](=O)[O-])cc1Br. The minimum absolute atomic E-state index is 0.0874. The van der Waals surface area contributed by atoms with E-state index in [1.807, 2.05) is 23.9 Å². The van der Waals surface area contributed by atoms with Crippen LogP contribution in [0.3, 0.4) is 0 Å². The van der Waals surface area contributed by atoms with Crippen molar-refractivity contribution in [2.75, 3.05) is 6.54 Å². The summed E-state index contributed by atoms with van der Waals surface area (Å²) in [5, 5.41) is 18.2. The van der Waals surface area contributed by atoms with Crippen molar-refractivity contribution in [3.05, 3.63) is 56.8 Å². The van der Waals surface area contributed by atoms with Crippen molar-refractivity contribution >= 4 is 21.6 Å². The first kappa shape index (κ1) is 14.7. The molecule has 2 aromatic rings. The Balaban J connectivity index is 1.95. The zero-order valence-corrected chi connectivity index (χ0v) is 12.6. The van der Waals surface area contributed by atoms with Gasteiger partial charge in [-0.15, -0.1) is 0 Å². The number of nitrogens with zero attached hydrogens (tertiary/aromatic N) is 3. The van der Waals surface area contributed by atoms with Gasteiger partial charge in [-0.2, -0.15) is 5.10 Å². The zero-order valence-electron chi connectivity index (χ0n) is 11.0. The summed E-state index contributed by atoms with van der Waals surface area (Å²) in [5.74, 6) is 0. The molecule has 0 radical (unpaired) electrons. The topological polar surface area (TPSA) is 73.0 Å². The second-order valence-electron chi connectivity index (χ2n) is 4.41. The van der Waals surface area contributed by atoms with Crippen molar-refractivity contribution in [1.29, 1.82) is 0 Å². The molecule has 0 saturated carbocycles. The Hall–Kier alpha value is -1.73. The minimum atomic E-state index is -0.398. The number of rotatable bonds is 6. The lowest BCUT2D eigenvalue weighted by atomic mass is 10.1. The lowest BCUT2D eigenvalue weighted by Crippen LogP contribution is -2.23. The molecule has 0 spiro atoms. The van der Waals surface area contributed by atoms with Crippen molar-refractivity contribution in [3.63, 3.8) is 0 Å². The molecule has 1 N–H and O–H groups in total. The third-order valence-electron chi connectivity index (χ3n) is 3.01. The van der Waals surface area contributed by atoms with Gasteiger partial charge in [0.25, 0.3) is 5.69 Å². The highest BCUT2D eigenvalue weighted by Gasteiger charge is 2.13. The molecule has 0 saturated heterocycles. The number of benzene rings is 1. The van der Waals surface area contributed by atoms with E-state index in [1.54, 1.807) is 12.3 Å². The minimum Gasteiger partial charge on any atom is -0.308 e. The molecule has 0 bridgehead atoms. The molecule has 0 amide bonds. The van der Waals surface area contributed by atoms with Crippen LogP contribution in [0, 0.1) is 10.1 Å². The van der Waals surface area contributed by atoms with Gasteiger partial charge in [-0.1, -0.05) is 15.9 Å². The van der Waals surface area contributed by atoms with Crippen LogP contribution < -0.4 is 5.32 Å². The number of aromatic nitrogens is 2. The van der Waals surface area contributed by atoms with Crippen LogP contribution in [0.2, 0.25) is 0 Å². The summed E-state index contributed by atoms with van der Waals surface area (Å²) in [6.45, 7) is 3.57. The van der Waals surface area contributed by atoms with Crippen molar-refractivity contribution < 1.29 is 4.92 Å². The van der Waals surface area contributed by atoms with Gasteiger partial charge >= 0.3 is 0 Å². The van der Waals surface area contributed by atoms with Crippen LogP contribution in [-0.4, -0.2) is 21.2 Å². The van der Waals surface area contributed by atoms with Crippen LogP contribution in [0.25, 0.3) is 0 Å². The molecule has 1 aromatic carbocycles. The van der Waals surface area contributed by atoms with E-state index in [-0.39, 0.29) is 11.7 Å². The van der Waals surface area contributed by atoms with Gasteiger partial charge in [-0.25, -0.2) is 0 Å². The number of hydrogen-bond donors (Lipinski definition) is 1. The number of nitro groups is 1. The largest absolute Gasteiger partial charge is 0.308 e. The molecule has 1 atom stereocenters. The second-order valence-corrected chi connectivity index (χ2v) is 5.26. The summed E-state index contributed by atoms with van der Waals surface area (Å²) in [5.41, 5.74) is 1.08. The van der Waals surface area contributed by atoms with E-state index < -0.39 is 4.92 Å². The van der Waals surface area contributed by atoms with Crippen molar-refractivity contribution in [1.82, 2.24) is 15.1 Å². The van der Waals surface area contributed by atoms with Gasteiger partial charge in [-0.05, 0) is 24.6 Å². The maximum Gasteiger partial charge on any atom is 0.270 e. The first-order valence-electron chi connectivity index (χ1n) is 6.22. The molecule has 1 aromatic heterocycles. The van der Waals surface area contributed by atoms with Crippen LogP contribution in [0.15, 0.2) is 41.1 Å². The number of nitrogens with one attached hydrogen (secondary N) is 1. The molecule has 0 aliphatic carbocycles. The fraction of sp³-hybridized carbons (Fsp3) is 0.308. The third-order valence-corrected chi connectivity index (χ3v) is 3.70. The van der Waals surface area contributed by atoms with Gasteiger partial charge in [0, 0.05) is 41.6 Å². The van der Waals surface area contributed by atoms with Crippen LogP contribution in [0.4, 0.5) is 5.69 Å². The standard InChI is InChI=1S/C13H15BrN4O2/c1-10(15-6-8-17-7-2-5-16-17)12-4-3-11(18(19)20)9-13(12)14/h2-5,7,9-10,15H,6,8H2,1H3.